The Hall–Kier alpha value is -2.13. The molecular formula is C17H16FNO. The first-order valence-corrected chi connectivity index (χ1v) is 6.68. The van der Waals surface area contributed by atoms with Crippen molar-refractivity contribution in [2.24, 2.45) is 0 Å². The zero-order valence-electron chi connectivity index (χ0n) is 11.3. The molecule has 0 aliphatic rings. The number of benzene rings is 2. The topological polar surface area (TPSA) is 25.2 Å². The van der Waals surface area contributed by atoms with Crippen molar-refractivity contribution in [3.05, 3.63) is 71.7 Å². The minimum absolute atomic E-state index is 0.157. The van der Waals surface area contributed by atoms with Crippen LogP contribution in [0.15, 0.2) is 59.2 Å². The van der Waals surface area contributed by atoms with Gasteiger partial charge in [0.15, 0.2) is 0 Å². The molecule has 0 radical (unpaired) electrons. The molecular weight excluding hydrogens is 253 g/mol. The zero-order valence-corrected chi connectivity index (χ0v) is 11.3. The van der Waals surface area contributed by atoms with Crippen molar-refractivity contribution in [3.63, 3.8) is 0 Å². The second-order valence-electron chi connectivity index (χ2n) is 4.91. The van der Waals surface area contributed by atoms with Gasteiger partial charge in [-0.2, -0.15) is 0 Å². The van der Waals surface area contributed by atoms with Gasteiger partial charge in [0.05, 0.1) is 6.26 Å². The highest BCUT2D eigenvalue weighted by molar-refractivity contribution is 5.80. The largest absolute Gasteiger partial charge is 0.464 e. The standard InChI is InChI=1S/C17H16FNO/c1-12(13-6-8-15(18)9-7-13)19-10-14-11-20-17-5-3-2-4-16(14)17/h2-9,11-12,19H,10H2,1H3/t12-/m0/s1. The van der Waals surface area contributed by atoms with Gasteiger partial charge < -0.3 is 9.73 Å². The van der Waals surface area contributed by atoms with Crippen LogP contribution < -0.4 is 5.32 Å². The number of fused-ring (bicyclic) bond motifs is 1. The Morgan fingerprint density at radius 2 is 1.85 bits per heavy atom. The van der Waals surface area contributed by atoms with E-state index in [0.29, 0.717) is 0 Å². The predicted octanol–water partition coefficient (Wildman–Crippen LogP) is 4.42. The van der Waals surface area contributed by atoms with E-state index in [2.05, 4.69) is 18.3 Å². The van der Waals surface area contributed by atoms with Crippen molar-refractivity contribution in [1.29, 1.82) is 0 Å². The highest BCUT2D eigenvalue weighted by Gasteiger charge is 2.08. The van der Waals surface area contributed by atoms with Crippen molar-refractivity contribution >= 4 is 11.0 Å². The Balaban J connectivity index is 1.71. The first kappa shape index (κ1) is 12.9. The van der Waals surface area contributed by atoms with E-state index in [9.17, 15) is 4.39 Å². The van der Waals surface area contributed by atoms with Gasteiger partial charge in [-0.3, -0.25) is 0 Å². The summed E-state index contributed by atoms with van der Waals surface area (Å²) in [6.45, 7) is 2.78. The van der Waals surface area contributed by atoms with E-state index in [1.807, 2.05) is 18.2 Å². The van der Waals surface area contributed by atoms with E-state index in [1.165, 1.54) is 12.1 Å². The Morgan fingerprint density at radius 3 is 2.65 bits per heavy atom. The van der Waals surface area contributed by atoms with E-state index >= 15 is 0 Å². The number of hydrogen-bond donors (Lipinski definition) is 1. The summed E-state index contributed by atoms with van der Waals surface area (Å²) in [4.78, 5) is 0. The number of furan rings is 1. The van der Waals surface area contributed by atoms with Crippen molar-refractivity contribution in [2.75, 3.05) is 0 Å². The lowest BCUT2D eigenvalue weighted by Gasteiger charge is -2.13. The minimum atomic E-state index is -0.207. The normalized spacial score (nSPS) is 12.7. The van der Waals surface area contributed by atoms with E-state index in [1.54, 1.807) is 18.4 Å². The molecule has 0 unspecified atom stereocenters. The van der Waals surface area contributed by atoms with Gasteiger partial charge in [-0.15, -0.1) is 0 Å². The van der Waals surface area contributed by atoms with Gasteiger partial charge in [0.1, 0.15) is 11.4 Å². The smallest absolute Gasteiger partial charge is 0.134 e. The molecule has 2 nitrogen and oxygen atoms in total. The minimum Gasteiger partial charge on any atom is -0.464 e. The molecule has 0 aliphatic carbocycles. The van der Waals surface area contributed by atoms with Gasteiger partial charge in [0.25, 0.3) is 0 Å². The van der Waals surface area contributed by atoms with E-state index in [-0.39, 0.29) is 11.9 Å². The quantitative estimate of drug-likeness (QED) is 0.758. The van der Waals surface area contributed by atoms with E-state index < -0.39 is 0 Å². The predicted molar refractivity (Wildman–Crippen MR) is 77.9 cm³/mol. The molecule has 0 bridgehead atoms. The maximum absolute atomic E-state index is 12.9. The Morgan fingerprint density at radius 1 is 1.10 bits per heavy atom. The molecule has 3 heteroatoms. The van der Waals surface area contributed by atoms with Crippen molar-refractivity contribution in [1.82, 2.24) is 5.32 Å². The molecule has 1 N–H and O–H groups in total. The van der Waals surface area contributed by atoms with Gasteiger partial charge in [-0.1, -0.05) is 30.3 Å². The number of halogens is 1. The highest BCUT2D eigenvalue weighted by atomic mass is 19.1. The van der Waals surface area contributed by atoms with Gasteiger partial charge in [0.2, 0.25) is 0 Å². The average Bonchev–Trinajstić information content (AvgIpc) is 2.89. The molecule has 0 saturated carbocycles. The monoisotopic (exact) mass is 269 g/mol. The van der Waals surface area contributed by atoms with Crippen LogP contribution in [0.3, 0.4) is 0 Å². The number of hydrogen-bond acceptors (Lipinski definition) is 2. The zero-order chi connectivity index (χ0) is 13.9. The highest BCUT2D eigenvalue weighted by Crippen LogP contribution is 2.21. The number of rotatable bonds is 4. The van der Waals surface area contributed by atoms with E-state index in [0.717, 1.165) is 28.6 Å². The summed E-state index contributed by atoms with van der Waals surface area (Å²) < 4.78 is 18.4. The Bertz CT molecular complexity index is 702. The molecule has 1 atom stereocenters. The third kappa shape index (κ3) is 2.58. The lowest BCUT2D eigenvalue weighted by Crippen LogP contribution is -2.17. The summed E-state index contributed by atoms with van der Waals surface area (Å²) in [5.41, 5.74) is 3.10. The molecule has 0 spiro atoms. The van der Waals surface area contributed by atoms with Crippen LogP contribution in [0.5, 0.6) is 0 Å². The van der Waals surface area contributed by atoms with Crippen LogP contribution in [-0.4, -0.2) is 0 Å². The maximum atomic E-state index is 12.9. The van der Waals surface area contributed by atoms with Crippen LogP contribution in [0, 0.1) is 5.82 Å². The van der Waals surface area contributed by atoms with Gasteiger partial charge in [-0.25, -0.2) is 4.39 Å². The first-order chi connectivity index (χ1) is 9.74. The molecule has 102 valence electrons. The average molecular weight is 269 g/mol. The third-order valence-corrected chi connectivity index (χ3v) is 3.53. The van der Waals surface area contributed by atoms with Crippen molar-refractivity contribution < 1.29 is 8.81 Å². The fourth-order valence-electron chi connectivity index (χ4n) is 2.30. The molecule has 2 aromatic carbocycles. The lowest BCUT2D eigenvalue weighted by molar-refractivity contribution is 0.560. The molecule has 1 heterocycles. The Labute approximate surface area is 117 Å². The van der Waals surface area contributed by atoms with Gasteiger partial charge in [-0.05, 0) is 30.7 Å². The van der Waals surface area contributed by atoms with Gasteiger partial charge >= 0.3 is 0 Å². The molecule has 0 fully saturated rings. The van der Waals surface area contributed by atoms with Crippen LogP contribution >= 0.6 is 0 Å². The summed E-state index contributed by atoms with van der Waals surface area (Å²) in [7, 11) is 0. The summed E-state index contributed by atoms with van der Waals surface area (Å²) in [5, 5.41) is 4.56. The molecule has 3 rings (SSSR count). The molecule has 1 aromatic heterocycles. The molecule has 20 heavy (non-hydrogen) atoms. The van der Waals surface area contributed by atoms with Crippen molar-refractivity contribution in [2.45, 2.75) is 19.5 Å². The van der Waals surface area contributed by atoms with Gasteiger partial charge in [0, 0.05) is 23.5 Å². The van der Waals surface area contributed by atoms with Crippen LogP contribution in [0.25, 0.3) is 11.0 Å². The van der Waals surface area contributed by atoms with E-state index in [4.69, 9.17) is 4.42 Å². The fourth-order valence-corrected chi connectivity index (χ4v) is 2.30. The SMILES string of the molecule is C[C@H](NCc1coc2ccccc12)c1ccc(F)cc1. The summed E-state index contributed by atoms with van der Waals surface area (Å²) in [6.07, 6.45) is 1.79. The maximum Gasteiger partial charge on any atom is 0.134 e. The fraction of sp³-hybridized carbons (Fsp3) is 0.176. The third-order valence-electron chi connectivity index (χ3n) is 3.53. The number of para-hydroxylation sites is 1. The summed E-state index contributed by atoms with van der Waals surface area (Å²) >= 11 is 0. The second-order valence-corrected chi connectivity index (χ2v) is 4.91. The molecule has 0 aliphatic heterocycles. The summed E-state index contributed by atoms with van der Waals surface area (Å²) in [5.74, 6) is -0.207. The molecule has 0 saturated heterocycles. The van der Waals surface area contributed by atoms with Crippen LogP contribution in [-0.2, 0) is 6.54 Å². The summed E-state index contributed by atoms with van der Waals surface area (Å²) in [6, 6.07) is 14.7. The molecule has 0 amide bonds. The lowest BCUT2D eigenvalue weighted by atomic mass is 10.1. The second kappa shape index (κ2) is 5.47. The number of nitrogens with one attached hydrogen (secondary N) is 1. The van der Waals surface area contributed by atoms with Crippen LogP contribution in [0.2, 0.25) is 0 Å². The molecule has 3 aromatic rings. The first-order valence-electron chi connectivity index (χ1n) is 6.68. The van der Waals surface area contributed by atoms with Crippen molar-refractivity contribution in [3.8, 4) is 0 Å². The Kier molecular flexibility index (Phi) is 3.52. The van der Waals surface area contributed by atoms with Crippen LogP contribution in [0.4, 0.5) is 4.39 Å². The van der Waals surface area contributed by atoms with Crippen LogP contribution in [0.1, 0.15) is 24.1 Å².